The van der Waals surface area contributed by atoms with Gasteiger partial charge in [0.15, 0.2) is 11.6 Å². The summed E-state index contributed by atoms with van der Waals surface area (Å²) >= 11 is 0. The SMILES string of the molecule is C.C.N#Cc1c(F)cccc1F.N#Cc1c(F)cccc1Oc1ccc(C(=O)c2ccc(Oc3cccc(F)c3C#N)cc2)cc1.O=C(c1ccc(O)cc1)c1ccc(O)cc1. The van der Waals surface area contributed by atoms with E-state index in [-0.39, 0.29) is 60.5 Å². The van der Waals surface area contributed by atoms with E-state index in [1.165, 1.54) is 72.8 Å². The lowest BCUT2D eigenvalue weighted by Crippen LogP contribution is -2.01. The molecule has 0 atom stereocenters. The van der Waals surface area contributed by atoms with Crippen molar-refractivity contribution in [2.45, 2.75) is 14.9 Å². The number of phenolic OH excluding ortho intramolecular Hbond substituents is 2. The van der Waals surface area contributed by atoms with Crippen molar-refractivity contribution in [2.75, 3.05) is 0 Å². The molecule has 0 amide bonds. The van der Waals surface area contributed by atoms with Crippen molar-refractivity contribution >= 4 is 11.6 Å². The summed E-state index contributed by atoms with van der Waals surface area (Å²) < 4.78 is 63.4. The zero-order valence-electron chi connectivity index (χ0n) is 30.8. The normalized spacial score (nSPS) is 9.56. The Morgan fingerprint density at radius 1 is 0.403 bits per heavy atom. The number of halogens is 4. The van der Waals surface area contributed by atoms with Crippen molar-refractivity contribution in [2.24, 2.45) is 0 Å². The first-order chi connectivity index (χ1) is 28.9. The molecule has 13 heteroatoms. The molecule has 310 valence electrons. The quantitative estimate of drug-likeness (QED) is 0.112. The number of hydrogen-bond acceptors (Lipinski definition) is 9. The largest absolute Gasteiger partial charge is 0.508 e. The summed E-state index contributed by atoms with van der Waals surface area (Å²) in [5.41, 5.74) is 0.847. The van der Waals surface area contributed by atoms with Crippen LogP contribution in [0.3, 0.4) is 0 Å². The van der Waals surface area contributed by atoms with E-state index in [2.05, 4.69) is 0 Å². The molecule has 0 saturated heterocycles. The molecule has 0 unspecified atom stereocenters. The summed E-state index contributed by atoms with van der Waals surface area (Å²) in [6, 6.07) is 40.9. The summed E-state index contributed by atoms with van der Waals surface area (Å²) in [4.78, 5) is 24.7. The summed E-state index contributed by atoms with van der Waals surface area (Å²) in [5, 5.41) is 44.6. The van der Waals surface area contributed by atoms with Crippen LogP contribution in [-0.2, 0) is 0 Å². The Balaban J connectivity index is 0.000000301. The zero-order valence-corrected chi connectivity index (χ0v) is 30.8. The lowest BCUT2D eigenvalue weighted by molar-refractivity contribution is 0.103. The van der Waals surface area contributed by atoms with Crippen LogP contribution in [0.5, 0.6) is 34.5 Å². The molecular weight excluding hydrogens is 803 g/mol. The highest BCUT2D eigenvalue weighted by atomic mass is 19.1. The molecule has 2 N–H and O–H groups in total. The predicted molar refractivity (Wildman–Crippen MR) is 223 cm³/mol. The van der Waals surface area contributed by atoms with E-state index in [0.717, 1.165) is 12.1 Å². The molecule has 7 aromatic rings. The van der Waals surface area contributed by atoms with Crippen LogP contribution < -0.4 is 9.47 Å². The first kappa shape index (κ1) is 47.6. The van der Waals surface area contributed by atoms with Gasteiger partial charge < -0.3 is 19.7 Å². The molecule has 0 aromatic heterocycles. The summed E-state index contributed by atoms with van der Waals surface area (Å²) in [6.45, 7) is 0. The van der Waals surface area contributed by atoms with Crippen LogP contribution in [0.4, 0.5) is 17.6 Å². The van der Waals surface area contributed by atoms with Crippen LogP contribution in [0, 0.1) is 57.3 Å². The Morgan fingerprint density at radius 2 is 0.661 bits per heavy atom. The maximum atomic E-state index is 13.7. The summed E-state index contributed by atoms with van der Waals surface area (Å²) in [6.07, 6.45) is 0. The fourth-order valence-corrected chi connectivity index (χ4v) is 5.16. The second-order valence-electron chi connectivity index (χ2n) is 12.2. The van der Waals surface area contributed by atoms with Gasteiger partial charge in [-0.1, -0.05) is 33.1 Å². The van der Waals surface area contributed by atoms with E-state index < -0.39 is 28.8 Å². The van der Waals surface area contributed by atoms with E-state index in [1.54, 1.807) is 84.9 Å². The maximum Gasteiger partial charge on any atom is 0.193 e. The van der Waals surface area contributed by atoms with Crippen LogP contribution >= 0.6 is 0 Å². The average molecular weight is 838 g/mol. The number of aromatic hydroxyl groups is 2. The third kappa shape index (κ3) is 12.1. The second kappa shape index (κ2) is 22.4. The van der Waals surface area contributed by atoms with E-state index in [1.807, 2.05) is 0 Å². The van der Waals surface area contributed by atoms with E-state index >= 15 is 0 Å². The number of rotatable bonds is 8. The first-order valence-electron chi connectivity index (χ1n) is 17.4. The Labute approximate surface area is 354 Å². The van der Waals surface area contributed by atoms with Crippen LogP contribution in [0.25, 0.3) is 0 Å². The molecule has 0 aliphatic rings. The van der Waals surface area contributed by atoms with Crippen LogP contribution in [0.1, 0.15) is 63.4 Å². The van der Waals surface area contributed by atoms with Crippen LogP contribution in [-0.4, -0.2) is 21.8 Å². The van der Waals surface area contributed by atoms with Gasteiger partial charge in [0.05, 0.1) is 0 Å². The van der Waals surface area contributed by atoms with E-state index in [9.17, 15) is 27.2 Å². The fraction of sp³-hybridized carbons (Fsp3) is 0.0408. The number of carbonyl (C=O) groups is 2. The van der Waals surface area contributed by atoms with E-state index in [0.29, 0.717) is 33.8 Å². The maximum absolute atomic E-state index is 13.7. The minimum Gasteiger partial charge on any atom is -0.508 e. The third-order valence-electron chi connectivity index (χ3n) is 8.20. The highest BCUT2D eigenvalue weighted by molar-refractivity contribution is 6.09. The van der Waals surface area contributed by atoms with Gasteiger partial charge in [0.1, 0.15) is 92.7 Å². The van der Waals surface area contributed by atoms with Gasteiger partial charge in [-0.05, 0) is 133 Å². The molecule has 0 bridgehead atoms. The molecular formula is C49H35F4N3O6. The molecule has 62 heavy (non-hydrogen) atoms. The number of hydrogen-bond donors (Lipinski definition) is 2. The standard InChI is InChI=1S/C27H14F2N2O3.C13H10O3.C7H3F2N.2CH4/c28-23-3-1-5-25(21(23)15-30)33-19-11-7-17(8-12-19)27(32)18-9-13-20(14-10-18)34-26-6-2-4-24(29)22(26)16-31;14-11-5-1-9(2-6-11)13(16)10-3-7-12(15)8-4-10;8-6-2-1-3-7(9)5(6)4-10;;/h1-14H;1-8,14-15H;1-3H;2*1H4. The van der Waals surface area contributed by atoms with Crippen molar-refractivity contribution in [3.8, 4) is 52.7 Å². The highest BCUT2D eigenvalue weighted by Crippen LogP contribution is 2.29. The van der Waals surface area contributed by atoms with Crippen LogP contribution in [0.15, 0.2) is 152 Å². The van der Waals surface area contributed by atoms with Gasteiger partial charge in [-0.2, -0.15) is 15.8 Å². The van der Waals surface area contributed by atoms with Crippen molar-refractivity contribution in [1.29, 1.82) is 15.8 Å². The molecule has 0 spiro atoms. The minimum absolute atomic E-state index is 0. The molecule has 0 aliphatic carbocycles. The number of nitriles is 3. The monoisotopic (exact) mass is 837 g/mol. The smallest absolute Gasteiger partial charge is 0.193 e. The van der Waals surface area contributed by atoms with Gasteiger partial charge in [-0.25, -0.2) is 17.6 Å². The number of ether oxygens (including phenoxy) is 2. The Bertz CT molecular complexity index is 2600. The lowest BCUT2D eigenvalue weighted by atomic mass is 10.0. The summed E-state index contributed by atoms with van der Waals surface area (Å²) in [7, 11) is 0. The number of benzene rings is 7. The number of phenols is 2. The zero-order chi connectivity index (χ0) is 43.2. The van der Waals surface area contributed by atoms with Gasteiger partial charge >= 0.3 is 0 Å². The molecule has 7 aromatic carbocycles. The van der Waals surface area contributed by atoms with E-state index in [4.69, 9.17) is 35.5 Å². The van der Waals surface area contributed by atoms with Crippen LogP contribution in [0.2, 0.25) is 0 Å². The van der Waals surface area contributed by atoms with Crippen molar-refractivity contribution in [3.63, 3.8) is 0 Å². The Morgan fingerprint density at radius 3 is 0.935 bits per heavy atom. The molecule has 0 heterocycles. The number of ketones is 2. The molecule has 0 fully saturated rings. The minimum atomic E-state index is -0.817. The molecule has 0 aliphatic heterocycles. The van der Waals surface area contributed by atoms with Crippen molar-refractivity contribution < 1.29 is 46.8 Å². The van der Waals surface area contributed by atoms with Gasteiger partial charge in [0, 0.05) is 22.3 Å². The number of nitrogens with zero attached hydrogens (tertiary/aromatic N) is 3. The fourth-order valence-electron chi connectivity index (χ4n) is 5.16. The van der Waals surface area contributed by atoms with Gasteiger partial charge in [0.2, 0.25) is 0 Å². The molecule has 9 nitrogen and oxygen atoms in total. The van der Waals surface area contributed by atoms with Crippen molar-refractivity contribution in [1.82, 2.24) is 0 Å². The topological polar surface area (TPSA) is 164 Å². The average Bonchev–Trinajstić information content (AvgIpc) is 3.25. The summed E-state index contributed by atoms with van der Waals surface area (Å²) in [5.74, 6) is -2.30. The first-order valence-corrected chi connectivity index (χ1v) is 17.4. The Hall–Kier alpha value is -8.73. The molecule has 0 saturated carbocycles. The highest BCUT2D eigenvalue weighted by Gasteiger charge is 2.14. The second-order valence-corrected chi connectivity index (χ2v) is 12.2. The van der Waals surface area contributed by atoms with Gasteiger partial charge in [0.25, 0.3) is 0 Å². The molecule has 0 radical (unpaired) electrons. The van der Waals surface area contributed by atoms with Gasteiger partial charge in [-0.15, -0.1) is 0 Å². The Kier molecular flexibility index (Phi) is 17.2. The van der Waals surface area contributed by atoms with Gasteiger partial charge in [-0.3, -0.25) is 9.59 Å². The van der Waals surface area contributed by atoms with Crippen molar-refractivity contribution in [3.05, 3.63) is 214 Å². The predicted octanol–water partition coefficient (Wildman–Crippen LogP) is 12.0. The lowest BCUT2D eigenvalue weighted by Gasteiger charge is -2.09. The third-order valence-corrected chi connectivity index (χ3v) is 8.20. The number of carbonyl (C=O) groups excluding carboxylic acids is 2. The molecule has 7 rings (SSSR count).